The van der Waals surface area contributed by atoms with Gasteiger partial charge in [-0.25, -0.2) is 9.18 Å². The summed E-state index contributed by atoms with van der Waals surface area (Å²) in [5, 5.41) is 12.9. The molecule has 5 nitrogen and oxygen atoms in total. The molecule has 0 fully saturated rings. The lowest BCUT2D eigenvalue weighted by Crippen LogP contribution is -2.01. The molecule has 3 rings (SSSR count). The fourth-order valence-electron chi connectivity index (χ4n) is 2.34. The number of halogens is 1. The van der Waals surface area contributed by atoms with Crippen LogP contribution in [0.1, 0.15) is 15.9 Å². The molecule has 0 spiro atoms. The molecule has 1 N–H and O–H groups in total. The molecule has 3 aromatic rings. The molecular weight excluding hydrogens is 309 g/mol. The van der Waals surface area contributed by atoms with Crippen LogP contribution in [0.25, 0.3) is 10.9 Å². The van der Waals surface area contributed by atoms with E-state index in [0.717, 1.165) is 0 Å². The first-order chi connectivity index (χ1) is 11.6. The highest BCUT2D eigenvalue weighted by Crippen LogP contribution is 2.29. The maximum Gasteiger partial charge on any atom is 0.337 e. The largest absolute Gasteiger partial charge is 0.465 e. The topological polar surface area (TPSA) is 75.0 Å². The van der Waals surface area contributed by atoms with Crippen molar-refractivity contribution >= 4 is 28.2 Å². The van der Waals surface area contributed by atoms with Crippen LogP contribution in [0.4, 0.5) is 15.8 Å². The maximum atomic E-state index is 13.6. The second-order valence-corrected chi connectivity index (χ2v) is 5.01. The van der Waals surface area contributed by atoms with Crippen molar-refractivity contribution in [3.05, 3.63) is 65.6 Å². The monoisotopic (exact) mass is 321 g/mol. The molecule has 1 heterocycles. The molecule has 0 bridgehead atoms. The van der Waals surface area contributed by atoms with E-state index in [-0.39, 0.29) is 0 Å². The van der Waals surface area contributed by atoms with Crippen LogP contribution in [-0.4, -0.2) is 18.1 Å². The van der Waals surface area contributed by atoms with E-state index < -0.39 is 11.8 Å². The number of anilines is 2. The van der Waals surface area contributed by atoms with E-state index in [1.54, 1.807) is 30.3 Å². The molecule has 0 aliphatic heterocycles. The minimum Gasteiger partial charge on any atom is -0.465 e. The number of fused-ring (bicyclic) bond motifs is 1. The van der Waals surface area contributed by atoms with E-state index >= 15 is 0 Å². The van der Waals surface area contributed by atoms with Gasteiger partial charge in [-0.2, -0.15) is 5.26 Å². The van der Waals surface area contributed by atoms with Crippen molar-refractivity contribution in [2.24, 2.45) is 0 Å². The summed E-state index contributed by atoms with van der Waals surface area (Å²) in [5.41, 5.74) is 2.40. The van der Waals surface area contributed by atoms with E-state index in [0.29, 0.717) is 33.4 Å². The average molecular weight is 321 g/mol. The lowest BCUT2D eigenvalue weighted by molar-refractivity contribution is 0.0601. The summed E-state index contributed by atoms with van der Waals surface area (Å²) in [6.07, 6.45) is 1.44. The predicted octanol–water partition coefficient (Wildman–Crippen LogP) is 3.78. The lowest BCUT2D eigenvalue weighted by Gasteiger charge is -2.12. The summed E-state index contributed by atoms with van der Waals surface area (Å²) in [6, 6.07) is 12.8. The normalized spacial score (nSPS) is 10.2. The minimum atomic E-state index is -0.435. The number of nitrogens with one attached hydrogen (secondary N) is 1. The average Bonchev–Trinajstić information content (AvgIpc) is 2.62. The highest BCUT2D eigenvalue weighted by Gasteiger charge is 2.11. The van der Waals surface area contributed by atoms with E-state index in [1.165, 1.54) is 25.4 Å². The lowest BCUT2D eigenvalue weighted by atomic mass is 10.1. The first-order valence-electron chi connectivity index (χ1n) is 7.06. The Morgan fingerprint density at radius 3 is 2.67 bits per heavy atom. The number of methoxy groups -OCH3 is 1. The van der Waals surface area contributed by atoms with Crippen molar-refractivity contribution in [2.75, 3.05) is 12.4 Å². The standard InChI is InChI=1S/C18H12FN3O2/c1-24-18(23)11-2-5-14(6-3-11)22-17-12(9-20)10-21-16-7-4-13(19)8-15(16)17/h2-8,10H,1H3,(H,21,22). The van der Waals surface area contributed by atoms with Gasteiger partial charge in [-0.3, -0.25) is 4.98 Å². The summed E-state index contributed by atoms with van der Waals surface area (Å²) in [4.78, 5) is 15.6. The molecule has 118 valence electrons. The quantitative estimate of drug-likeness (QED) is 0.743. The van der Waals surface area contributed by atoms with Gasteiger partial charge < -0.3 is 10.1 Å². The third-order valence-electron chi connectivity index (χ3n) is 3.53. The van der Waals surface area contributed by atoms with Gasteiger partial charge in [0.1, 0.15) is 11.9 Å². The Labute approximate surface area is 137 Å². The van der Waals surface area contributed by atoms with Gasteiger partial charge in [0.05, 0.1) is 29.4 Å². The molecule has 0 aliphatic rings. The number of benzene rings is 2. The number of aromatic nitrogens is 1. The number of carbonyl (C=O) groups is 1. The smallest absolute Gasteiger partial charge is 0.337 e. The zero-order chi connectivity index (χ0) is 17.1. The number of hydrogen-bond acceptors (Lipinski definition) is 5. The number of pyridine rings is 1. The molecule has 0 saturated heterocycles. The van der Waals surface area contributed by atoms with Gasteiger partial charge in [0.2, 0.25) is 0 Å². The molecule has 0 saturated carbocycles. The van der Waals surface area contributed by atoms with Crippen LogP contribution in [0.2, 0.25) is 0 Å². The van der Waals surface area contributed by atoms with Gasteiger partial charge in [-0.05, 0) is 42.5 Å². The van der Waals surface area contributed by atoms with E-state index in [9.17, 15) is 14.4 Å². The first-order valence-corrected chi connectivity index (χ1v) is 7.06. The van der Waals surface area contributed by atoms with Gasteiger partial charge in [0, 0.05) is 17.3 Å². The third-order valence-corrected chi connectivity index (χ3v) is 3.53. The highest BCUT2D eigenvalue weighted by molar-refractivity contribution is 5.96. The summed E-state index contributed by atoms with van der Waals surface area (Å²) in [7, 11) is 1.31. The van der Waals surface area contributed by atoms with Crippen molar-refractivity contribution in [3.8, 4) is 6.07 Å². The summed E-state index contributed by atoms with van der Waals surface area (Å²) < 4.78 is 18.2. The number of esters is 1. The van der Waals surface area contributed by atoms with Crippen LogP contribution >= 0.6 is 0 Å². The second-order valence-electron chi connectivity index (χ2n) is 5.01. The van der Waals surface area contributed by atoms with Crippen LogP contribution < -0.4 is 5.32 Å². The van der Waals surface area contributed by atoms with Crippen molar-refractivity contribution < 1.29 is 13.9 Å². The Morgan fingerprint density at radius 1 is 1.25 bits per heavy atom. The number of carbonyl (C=O) groups excluding carboxylic acids is 1. The van der Waals surface area contributed by atoms with Gasteiger partial charge in [-0.1, -0.05) is 0 Å². The third kappa shape index (κ3) is 2.88. The fourth-order valence-corrected chi connectivity index (χ4v) is 2.34. The van der Waals surface area contributed by atoms with Crippen molar-refractivity contribution in [1.82, 2.24) is 4.98 Å². The highest BCUT2D eigenvalue weighted by atomic mass is 19.1. The molecular formula is C18H12FN3O2. The molecule has 0 amide bonds. The molecule has 24 heavy (non-hydrogen) atoms. The van der Waals surface area contributed by atoms with Crippen LogP contribution in [-0.2, 0) is 4.74 Å². The summed E-state index contributed by atoms with van der Waals surface area (Å²) in [6.45, 7) is 0. The molecule has 1 aromatic heterocycles. The number of hydrogen-bond donors (Lipinski definition) is 1. The summed E-state index contributed by atoms with van der Waals surface area (Å²) in [5.74, 6) is -0.848. The number of rotatable bonds is 3. The van der Waals surface area contributed by atoms with Gasteiger partial charge in [0.15, 0.2) is 0 Å². The Kier molecular flexibility index (Phi) is 4.08. The van der Waals surface area contributed by atoms with E-state index in [2.05, 4.69) is 15.0 Å². The Bertz CT molecular complexity index is 962. The fraction of sp³-hybridized carbons (Fsp3) is 0.0556. The van der Waals surface area contributed by atoms with Crippen LogP contribution in [0.3, 0.4) is 0 Å². The summed E-state index contributed by atoms with van der Waals surface area (Å²) >= 11 is 0. The van der Waals surface area contributed by atoms with E-state index in [1.807, 2.05) is 6.07 Å². The van der Waals surface area contributed by atoms with Crippen molar-refractivity contribution in [1.29, 1.82) is 5.26 Å². The predicted molar refractivity (Wildman–Crippen MR) is 87.5 cm³/mol. The van der Waals surface area contributed by atoms with Gasteiger partial charge >= 0.3 is 5.97 Å². The van der Waals surface area contributed by atoms with Crippen molar-refractivity contribution in [3.63, 3.8) is 0 Å². The second kappa shape index (κ2) is 6.34. The van der Waals surface area contributed by atoms with Gasteiger partial charge in [0.25, 0.3) is 0 Å². The van der Waals surface area contributed by atoms with Crippen LogP contribution in [0.5, 0.6) is 0 Å². The molecule has 0 radical (unpaired) electrons. The van der Waals surface area contributed by atoms with Crippen molar-refractivity contribution in [2.45, 2.75) is 0 Å². The SMILES string of the molecule is COC(=O)c1ccc(Nc2c(C#N)cnc3ccc(F)cc23)cc1. The minimum absolute atomic E-state index is 0.296. The molecule has 6 heteroatoms. The zero-order valence-corrected chi connectivity index (χ0v) is 12.7. The molecule has 2 aromatic carbocycles. The number of nitriles is 1. The van der Waals surface area contributed by atoms with Crippen LogP contribution in [0, 0.1) is 17.1 Å². The molecule has 0 atom stereocenters. The Balaban J connectivity index is 2.04. The Morgan fingerprint density at radius 2 is 2.00 bits per heavy atom. The van der Waals surface area contributed by atoms with E-state index in [4.69, 9.17) is 0 Å². The zero-order valence-electron chi connectivity index (χ0n) is 12.7. The first kappa shape index (κ1) is 15.4. The Hall–Kier alpha value is -3.46. The number of ether oxygens (including phenoxy) is 1. The van der Waals surface area contributed by atoms with Gasteiger partial charge in [-0.15, -0.1) is 0 Å². The maximum absolute atomic E-state index is 13.6. The molecule has 0 unspecified atom stereocenters. The van der Waals surface area contributed by atoms with Crippen LogP contribution in [0.15, 0.2) is 48.7 Å². The molecule has 0 aliphatic carbocycles. The number of nitrogens with zero attached hydrogens (tertiary/aromatic N) is 2.